The van der Waals surface area contributed by atoms with E-state index in [1.807, 2.05) is 38.1 Å². The number of nitrogens with one attached hydrogen (secondary N) is 1. The number of ether oxygens (including phenoxy) is 2. The van der Waals surface area contributed by atoms with E-state index in [9.17, 15) is 9.59 Å². The van der Waals surface area contributed by atoms with Crippen LogP contribution in [-0.4, -0.2) is 32.1 Å². The second-order valence-corrected chi connectivity index (χ2v) is 5.26. The lowest BCUT2D eigenvalue weighted by Crippen LogP contribution is -2.43. The monoisotopic (exact) mass is 293 g/mol. The number of para-hydroxylation sites is 1. The maximum Gasteiger partial charge on any atom is 0.328 e. The zero-order valence-electron chi connectivity index (χ0n) is 13.0. The summed E-state index contributed by atoms with van der Waals surface area (Å²) in [6.07, 6.45) is 0.708. The third-order valence-electron chi connectivity index (χ3n) is 3.03. The van der Waals surface area contributed by atoms with Crippen LogP contribution >= 0.6 is 0 Å². The number of hydrogen-bond donors (Lipinski definition) is 1. The molecule has 0 fully saturated rings. The Bertz CT molecular complexity index is 485. The third kappa shape index (κ3) is 5.45. The summed E-state index contributed by atoms with van der Waals surface area (Å²) in [5, 5.41) is 2.73. The highest BCUT2D eigenvalue weighted by Gasteiger charge is 2.23. The molecule has 0 unspecified atom stereocenters. The Hall–Kier alpha value is -2.04. The fourth-order valence-electron chi connectivity index (χ4n) is 2.05. The minimum atomic E-state index is -0.711. The molecule has 0 aromatic heterocycles. The molecule has 116 valence electrons. The number of carbonyl (C=O) groups excluding carboxylic acids is 2. The molecule has 1 amide bonds. The molecule has 1 atom stereocenters. The maximum atomic E-state index is 11.9. The molecule has 0 bridgehead atoms. The van der Waals surface area contributed by atoms with Crippen molar-refractivity contribution in [2.45, 2.75) is 32.7 Å². The van der Waals surface area contributed by atoms with Gasteiger partial charge in [-0.3, -0.25) is 4.79 Å². The molecule has 0 aliphatic rings. The number of hydrogen-bond acceptors (Lipinski definition) is 4. The Labute approximate surface area is 125 Å². The normalized spacial score (nSPS) is 11.9. The number of esters is 1. The largest absolute Gasteiger partial charge is 0.496 e. The molecule has 5 nitrogen and oxygen atoms in total. The van der Waals surface area contributed by atoms with Crippen LogP contribution in [0.1, 0.15) is 25.8 Å². The van der Waals surface area contributed by atoms with Crippen LogP contribution in [0.2, 0.25) is 0 Å². The van der Waals surface area contributed by atoms with Gasteiger partial charge in [-0.15, -0.1) is 0 Å². The van der Waals surface area contributed by atoms with Gasteiger partial charge in [-0.25, -0.2) is 4.79 Å². The molecule has 0 spiro atoms. The smallest absolute Gasteiger partial charge is 0.328 e. The van der Waals surface area contributed by atoms with Gasteiger partial charge in [0.1, 0.15) is 11.8 Å². The molecule has 0 aliphatic carbocycles. The minimum absolute atomic E-state index is 0.157. The van der Waals surface area contributed by atoms with E-state index in [0.717, 1.165) is 5.56 Å². The van der Waals surface area contributed by atoms with E-state index in [1.54, 1.807) is 7.11 Å². The van der Waals surface area contributed by atoms with Gasteiger partial charge in [0.2, 0.25) is 5.91 Å². The number of methoxy groups -OCH3 is 2. The molecule has 1 aromatic rings. The van der Waals surface area contributed by atoms with E-state index < -0.39 is 12.0 Å². The van der Waals surface area contributed by atoms with Gasteiger partial charge in [-0.05, 0) is 17.5 Å². The summed E-state index contributed by atoms with van der Waals surface area (Å²) in [5.74, 6) is 0.299. The number of carbonyl (C=O) groups is 2. The Morgan fingerprint density at radius 1 is 1.19 bits per heavy atom. The number of amides is 1. The predicted molar refractivity (Wildman–Crippen MR) is 80.1 cm³/mol. The van der Waals surface area contributed by atoms with Gasteiger partial charge in [0, 0.05) is 12.8 Å². The third-order valence-corrected chi connectivity index (χ3v) is 3.03. The molecule has 21 heavy (non-hydrogen) atoms. The van der Waals surface area contributed by atoms with Crippen molar-refractivity contribution in [1.82, 2.24) is 5.32 Å². The predicted octanol–water partition coefficient (Wildman–Crippen LogP) is 1.94. The molecule has 5 heteroatoms. The average Bonchev–Trinajstić information content (AvgIpc) is 2.45. The zero-order valence-corrected chi connectivity index (χ0v) is 13.0. The van der Waals surface area contributed by atoms with Gasteiger partial charge in [-0.2, -0.15) is 0 Å². The van der Waals surface area contributed by atoms with E-state index >= 15 is 0 Å². The summed E-state index contributed by atoms with van der Waals surface area (Å²) >= 11 is 0. The minimum Gasteiger partial charge on any atom is -0.496 e. The van der Waals surface area contributed by atoms with Crippen LogP contribution in [0.25, 0.3) is 0 Å². The molecule has 0 saturated carbocycles. The fraction of sp³-hybridized carbons (Fsp3) is 0.500. The van der Waals surface area contributed by atoms with Crippen molar-refractivity contribution in [3.05, 3.63) is 29.8 Å². The topological polar surface area (TPSA) is 64.6 Å². The first kappa shape index (κ1) is 17.0. The Morgan fingerprint density at radius 2 is 1.86 bits per heavy atom. The SMILES string of the molecule is COC(=O)[C@H](Cc1ccccc1OC)NC(=O)CC(C)C. The van der Waals surface area contributed by atoms with E-state index in [0.29, 0.717) is 18.6 Å². The van der Waals surface area contributed by atoms with Crippen molar-refractivity contribution in [2.24, 2.45) is 5.92 Å². The molecular formula is C16H23NO4. The second-order valence-electron chi connectivity index (χ2n) is 5.26. The first-order valence-electron chi connectivity index (χ1n) is 6.97. The molecule has 1 aromatic carbocycles. The summed E-state index contributed by atoms with van der Waals surface area (Å²) in [6.45, 7) is 3.90. The summed E-state index contributed by atoms with van der Waals surface area (Å²) < 4.78 is 10.0. The Morgan fingerprint density at radius 3 is 2.43 bits per heavy atom. The Balaban J connectivity index is 2.83. The van der Waals surface area contributed by atoms with E-state index in [1.165, 1.54) is 7.11 Å². The summed E-state index contributed by atoms with van der Waals surface area (Å²) in [4.78, 5) is 23.7. The van der Waals surface area contributed by atoms with Crippen molar-refractivity contribution in [2.75, 3.05) is 14.2 Å². The fourth-order valence-corrected chi connectivity index (χ4v) is 2.05. The lowest BCUT2D eigenvalue weighted by Gasteiger charge is -2.18. The Kier molecular flexibility index (Phi) is 6.72. The summed E-state index contributed by atoms with van der Waals surface area (Å²) in [5.41, 5.74) is 0.847. The first-order chi connectivity index (χ1) is 9.97. The standard InChI is InChI=1S/C16H23NO4/c1-11(2)9-15(18)17-13(16(19)21-4)10-12-7-5-6-8-14(12)20-3/h5-8,11,13H,9-10H2,1-4H3,(H,17,18)/t13-/m0/s1. The van der Waals surface area contributed by atoms with E-state index in [4.69, 9.17) is 9.47 Å². The lowest BCUT2D eigenvalue weighted by molar-refractivity contribution is -0.145. The van der Waals surface area contributed by atoms with Crippen molar-refractivity contribution >= 4 is 11.9 Å². The van der Waals surface area contributed by atoms with Gasteiger partial charge in [0.05, 0.1) is 14.2 Å². The van der Waals surface area contributed by atoms with Crippen LogP contribution in [0.3, 0.4) is 0 Å². The van der Waals surface area contributed by atoms with Crippen molar-refractivity contribution in [3.63, 3.8) is 0 Å². The zero-order chi connectivity index (χ0) is 15.8. The maximum absolute atomic E-state index is 11.9. The van der Waals surface area contributed by atoms with Crippen LogP contribution in [-0.2, 0) is 20.7 Å². The van der Waals surface area contributed by atoms with Gasteiger partial charge in [-0.1, -0.05) is 32.0 Å². The molecule has 0 saturated heterocycles. The second kappa shape index (κ2) is 8.29. The lowest BCUT2D eigenvalue weighted by atomic mass is 10.0. The van der Waals surface area contributed by atoms with Crippen LogP contribution < -0.4 is 10.1 Å². The summed E-state index contributed by atoms with van der Waals surface area (Å²) in [7, 11) is 2.88. The van der Waals surface area contributed by atoms with Crippen molar-refractivity contribution < 1.29 is 19.1 Å². The molecule has 0 heterocycles. The molecule has 0 radical (unpaired) electrons. The van der Waals surface area contributed by atoms with Crippen LogP contribution in [0.5, 0.6) is 5.75 Å². The van der Waals surface area contributed by atoms with Crippen LogP contribution in [0.15, 0.2) is 24.3 Å². The van der Waals surface area contributed by atoms with E-state index in [2.05, 4.69) is 5.32 Å². The molecule has 0 aliphatic heterocycles. The van der Waals surface area contributed by atoms with Gasteiger partial charge in [0.15, 0.2) is 0 Å². The van der Waals surface area contributed by atoms with Crippen LogP contribution in [0.4, 0.5) is 0 Å². The van der Waals surface area contributed by atoms with Crippen molar-refractivity contribution in [3.8, 4) is 5.75 Å². The van der Waals surface area contributed by atoms with Gasteiger partial charge < -0.3 is 14.8 Å². The first-order valence-corrected chi connectivity index (χ1v) is 6.97. The van der Waals surface area contributed by atoms with Gasteiger partial charge >= 0.3 is 5.97 Å². The molecular weight excluding hydrogens is 270 g/mol. The highest BCUT2D eigenvalue weighted by Crippen LogP contribution is 2.19. The number of rotatable bonds is 7. The summed E-state index contributed by atoms with van der Waals surface area (Å²) in [6, 6.07) is 6.69. The average molecular weight is 293 g/mol. The highest BCUT2D eigenvalue weighted by atomic mass is 16.5. The number of benzene rings is 1. The van der Waals surface area contributed by atoms with Gasteiger partial charge in [0.25, 0.3) is 0 Å². The van der Waals surface area contributed by atoms with Crippen molar-refractivity contribution in [1.29, 1.82) is 0 Å². The van der Waals surface area contributed by atoms with Crippen LogP contribution in [0, 0.1) is 5.92 Å². The van der Waals surface area contributed by atoms with E-state index in [-0.39, 0.29) is 11.8 Å². The quantitative estimate of drug-likeness (QED) is 0.780. The highest BCUT2D eigenvalue weighted by molar-refractivity contribution is 5.84. The molecule has 1 rings (SSSR count). The molecule has 1 N–H and O–H groups in total.